The molecule has 4 aliphatic carbocycles. The van der Waals surface area contributed by atoms with Crippen LogP contribution in [0.4, 0.5) is 0 Å². The Balaban J connectivity index is 1.60. The van der Waals surface area contributed by atoms with Crippen LogP contribution in [0.15, 0.2) is 0 Å². The van der Waals surface area contributed by atoms with Crippen LogP contribution < -0.4 is 0 Å². The average Bonchev–Trinajstić information content (AvgIpc) is 3.00. The van der Waals surface area contributed by atoms with E-state index in [9.17, 15) is 14.7 Å². The van der Waals surface area contributed by atoms with Crippen LogP contribution in [0.25, 0.3) is 0 Å². The standard InChI is InChI=1S/C25H40O4/c1-4-17-20-14-16(26)10-12-25(20,3)19-11-13-24(2)15(6-5-7-21(27)28)8-9-18(24)22(19)23(17)29/h15-20,22,26H,4-14H2,1-3H3,(H,27,28)/t15-,16+,17+,18-,19-,20-,22-,24+,25+/m0/s1. The molecular formula is C25H40O4. The molecule has 0 heterocycles. The molecule has 29 heavy (non-hydrogen) atoms. The third-order valence-corrected chi connectivity index (χ3v) is 10.3. The first kappa shape index (κ1) is 21.3. The zero-order chi connectivity index (χ0) is 21.0. The summed E-state index contributed by atoms with van der Waals surface area (Å²) in [5, 5.41) is 19.4. The van der Waals surface area contributed by atoms with Crippen molar-refractivity contribution in [1.82, 2.24) is 0 Å². The molecule has 0 aromatic carbocycles. The van der Waals surface area contributed by atoms with Gasteiger partial charge in [-0.2, -0.15) is 0 Å². The lowest BCUT2D eigenvalue weighted by Gasteiger charge is -2.62. The topological polar surface area (TPSA) is 74.6 Å². The lowest BCUT2D eigenvalue weighted by Crippen LogP contribution is -2.60. The summed E-state index contributed by atoms with van der Waals surface area (Å²) in [6, 6.07) is 0. The Hall–Kier alpha value is -0.900. The van der Waals surface area contributed by atoms with Crippen LogP contribution in [-0.4, -0.2) is 28.1 Å². The van der Waals surface area contributed by atoms with Gasteiger partial charge in [0.05, 0.1) is 6.10 Å². The maximum atomic E-state index is 13.8. The fraction of sp³-hybridized carbons (Fsp3) is 0.920. The second-order valence-electron chi connectivity index (χ2n) is 11.3. The van der Waals surface area contributed by atoms with Crippen molar-refractivity contribution in [3.8, 4) is 0 Å². The van der Waals surface area contributed by atoms with E-state index in [1.165, 1.54) is 6.42 Å². The zero-order valence-corrected chi connectivity index (χ0v) is 18.5. The van der Waals surface area contributed by atoms with Crippen LogP contribution >= 0.6 is 0 Å². The number of fused-ring (bicyclic) bond motifs is 5. The van der Waals surface area contributed by atoms with Gasteiger partial charge in [0, 0.05) is 18.3 Å². The minimum Gasteiger partial charge on any atom is -0.481 e. The van der Waals surface area contributed by atoms with Gasteiger partial charge in [-0.1, -0.05) is 20.8 Å². The van der Waals surface area contributed by atoms with Crippen LogP contribution in [0.5, 0.6) is 0 Å². The number of aliphatic carboxylic acids is 1. The van der Waals surface area contributed by atoms with E-state index in [-0.39, 0.29) is 35.2 Å². The molecule has 0 unspecified atom stereocenters. The minimum absolute atomic E-state index is 0.115. The molecule has 0 radical (unpaired) electrons. The fourth-order valence-corrected chi connectivity index (χ4v) is 8.72. The highest BCUT2D eigenvalue weighted by molar-refractivity contribution is 5.86. The van der Waals surface area contributed by atoms with E-state index in [1.807, 2.05) is 0 Å². The summed E-state index contributed by atoms with van der Waals surface area (Å²) in [5.74, 6) is 2.00. The number of hydrogen-bond donors (Lipinski definition) is 2. The predicted molar refractivity (Wildman–Crippen MR) is 112 cm³/mol. The fourth-order valence-electron chi connectivity index (χ4n) is 8.72. The van der Waals surface area contributed by atoms with Crippen molar-refractivity contribution in [2.24, 2.45) is 46.3 Å². The maximum absolute atomic E-state index is 13.8. The summed E-state index contributed by atoms with van der Waals surface area (Å²) < 4.78 is 0. The van der Waals surface area contributed by atoms with Gasteiger partial charge < -0.3 is 10.2 Å². The summed E-state index contributed by atoms with van der Waals surface area (Å²) in [5.41, 5.74) is 0.395. The SMILES string of the molecule is CC[C@H]1C(=O)[C@@H]2[C@H](CC[C@]3(C)[C@@H](CCCC(=O)O)CC[C@@H]23)[C@@]2(C)CC[C@@H](O)C[C@@H]12. The second kappa shape index (κ2) is 7.66. The third kappa shape index (κ3) is 3.28. The van der Waals surface area contributed by atoms with E-state index in [1.54, 1.807) is 0 Å². The molecule has 9 atom stereocenters. The molecule has 0 aromatic rings. The zero-order valence-electron chi connectivity index (χ0n) is 18.5. The number of carbonyl (C=O) groups is 2. The Labute approximate surface area is 175 Å². The molecule has 0 spiro atoms. The van der Waals surface area contributed by atoms with E-state index < -0.39 is 5.97 Å². The third-order valence-electron chi connectivity index (χ3n) is 10.3. The largest absolute Gasteiger partial charge is 0.481 e. The molecular weight excluding hydrogens is 364 g/mol. The number of aliphatic hydroxyl groups excluding tert-OH is 1. The summed E-state index contributed by atoms with van der Waals surface area (Å²) in [6.07, 6.45) is 10.1. The number of carbonyl (C=O) groups excluding carboxylic acids is 1. The molecule has 0 saturated heterocycles. The van der Waals surface area contributed by atoms with E-state index in [2.05, 4.69) is 20.8 Å². The monoisotopic (exact) mass is 404 g/mol. The van der Waals surface area contributed by atoms with Gasteiger partial charge in [0.15, 0.2) is 0 Å². The Kier molecular flexibility index (Phi) is 5.63. The molecule has 4 nitrogen and oxygen atoms in total. The quantitative estimate of drug-likeness (QED) is 0.670. The lowest BCUT2D eigenvalue weighted by molar-refractivity contribution is -0.172. The van der Waals surface area contributed by atoms with Crippen molar-refractivity contribution >= 4 is 11.8 Å². The van der Waals surface area contributed by atoms with Crippen molar-refractivity contribution in [3.63, 3.8) is 0 Å². The first-order valence-corrected chi connectivity index (χ1v) is 12.2. The van der Waals surface area contributed by atoms with Crippen molar-refractivity contribution in [2.45, 2.75) is 97.5 Å². The van der Waals surface area contributed by atoms with E-state index >= 15 is 0 Å². The first-order chi connectivity index (χ1) is 13.7. The molecule has 0 aliphatic heterocycles. The van der Waals surface area contributed by atoms with Crippen molar-refractivity contribution in [1.29, 1.82) is 0 Å². The Morgan fingerprint density at radius 3 is 2.41 bits per heavy atom. The molecule has 2 N–H and O–H groups in total. The highest BCUT2D eigenvalue weighted by Crippen LogP contribution is 2.68. The maximum Gasteiger partial charge on any atom is 0.303 e. The smallest absolute Gasteiger partial charge is 0.303 e. The van der Waals surface area contributed by atoms with Gasteiger partial charge in [-0.05, 0) is 98.7 Å². The van der Waals surface area contributed by atoms with Crippen molar-refractivity contribution in [2.75, 3.05) is 0 Å². The van der Waals surface area contributed by atoms with Crippen LogP contribution in [0.3, 0.4) is 0 Å². The number of carboxylic acids is 1. The number of Topliss-reactive ketones (excluding diaryl/α,β-unsaturated/α-hetero) is 1. The molecule has 0 bridgehead atoms. The van der Waals surface area contributed by atoms with Crippen molar-refractivity contribution < 1.29 is 19.8 Å². The van der Waals surface area contributed by atoms with Crippen LogP contribution in [0.1, 0.15) is 91.4 Å². The number of rotatable bonds is 5. The number of ketones is 1. The predicted octanol–water partition coefficient (Wildman–Crippen LogP) is 5.08. The van der Waals surface area contributed by atoms with Gasteiger partial charge in [-0.3, -0.25) is 9.59 Å². The van der Waals surface area contributed by atoms with Gasteiger partial charge >= 0.3 is 5.97 Å². The molecule has 164 valence electrons. The van der Waals surface area contributed by atoms with Gasteiger partial charge in [-0.15, -0.1) is 0 Å². The molecule has 0 aromatic heterocycles. The van der Waals surface area contributed by atoms with Crippen LogP contribution in [0, 0.1) is 46.3 Å². The first-order valence-electron chi connectivity index (χ1n) is 12.2. The average molecular weight is 405 g/mol. The number of hydrogen-bond acceptors (Lipinski definition) is 3. The van der Waals surface area contributed by atoms with E-state index in [0.717, 1.165) is 57.8 Å². The van der Waals surface area contributed by atoms with Crippen molar-refractivity contribution in [3.05, 3.63) is 0 Å². The molecule has 4 aliphatic rings. The summed E-state index contributed by atoms with van der Waals surface area (Å²) in [4.78, 5) is 24.8. The molecule has 4 saturated carbocycles. The molecule has 0 amide bonds. The number of aliphatic hydroxyl groups is 1. The number of carboxylic acid groups (broad SMARTS) is 1. The van der Waals surface area contributed by atoms with Crippen LogP contribution in [-0.2, 0) is 9.59 Å². The lowest BCUT2D eigenvalue weighted by atomic mass is 9.42. The van der Waals surface area contributed by atoms with Gasteiger partial charge in [-0.25, -0.2) is 0 Å². The highest BCUT2D eigenvalue weighted by Gasteiger charge is 2.64. The summed E-state index contributed by atoms with van der Waals surface area (Å²) >= 11 is 0. The normalized spacial score (nSPS) is 49.2. The van der Waals surface area contributed by atoms with E-state index in [4.69, 9.17) is 5.11 Å². The minimum atomic E-state index is -0.694. The molecule has 4 rings (SSSR count). The molecule has 4 fully saturated rings. The van der Waals surface area contributed by atoms with E-state index in [0.29, 0.717) is 29.5 Å². The summed E-state index contributed by atoms with van der Waals surface area (Å²) in [6.45, 7) is 7.02. The van der Waals surface area contributed by atoms with Crippen LogP contribution in [0.2, 0.25) is 0 Å². The van der Waals surface area contributed by atoms with Gasteiger partial charge in [0.1, 0.15) is 5.78 Å². The second-order valence-corrected chi connectivity index (χ2v) is 11.3. The summed E-state index contributed by atoms with van der Waals surface area (Å²) in [7, 11) is 0. The molecule has 4 heteroatoms. The van der Waals surface area contributed by atoms with Gasteiger partial charge in [0.2, 0.25) is 0 Å². The highest BCUT2D eigenvalue weighted by atomic mass is 16.4. The van der Waals surface area contributed by atoms with Gasteiger partial charge in [0.25, 0.3) is 0 Å². The Bertz CT molecular complexity index is 659. The Morgan fingerprint density at radius 2 is 1.72 bits per heavy atom. The Morgan fingerprint density at radius 1 is 1.03 bits per heavy atom.